The van der Waals surface area contributed by atoms with Crippen LogP contribution in [0.15, 0.2) is 12.2 Å². The second-order valence-electron chi connectivity index (χ2n) is 2.58. The molecule has 0 heterocycles. The molecule has 0 rings (SSSR count). The Labute approximate surface area is 78.0 Å². The van der Waals surface area contributed by atoms with Gasteiger partial charge < -0.3 is 9.64 Å². The lowest BCUT2D eigenvalue weighted by Crippen LogP contribution is -2.20. The minimum absolute atomic E-state index is 0.226. The number of esters is 1. The fourth-order valence-corrected chi connectivity index (χ4v) is 0.558. The molecule has 0 radical (unpaired) electrons. The lowest BCUT2D eigenvalue weighted by Gasteiger charge is -2.09. The molecular formula is C8H13NO2S. The van der Waals surface area contributed by atoms with E-state index in [1.54, 1.807) is 0 Å². The van der Waals surface area contributed by atoms with Crippen LogP contribution in [0.4, 0.5) is 0 Å². The first kappa shape index (κ1) is 11.3. The van der Waals surface area contributed by atoms with Crippen LogP contribution >= 0.6 is 12.2 Å². The minimum atomic E-state index is -0.438. The molecule has 3 nitrogen and oxygen atoms in total. The quantitative estimate of drug-likeness (QED) is 0.359. The third kappa shape index (κ3) is 4.98. The van der Waals surface area contributed by atoms with Crippen molar-refractivity contribution in [3.8, 4) is 0 Å². The van der Waals surface area contributed by atoms with E-state index in [1.165, 1.54) is 5.37 Å². The molecule has 0 aromatic heterocycles. The molecule has 0 spiro atoms. The summed E-state index contributed by atoms with van der Waals surface area (Å²) in [7, 11) is 3.81. The number of thiocarbonyl (C=S) groups is 1. The summed E-state index contributed by atoms with van der Waals surface area (Å²) in [5.41, 5.74) is 0.226. The van der Waals surface area contributed by atoms with E-state index in [-0.39, 0.29) is 5.57 Å². The summed E-state index contributed by atoms with van der Waals surface area (Å²) in [5.74, 6) is -0.438. The summed E-state index contributed by atoms with van der Waals surface area (Å²) in [5, 5.41) is 1.22. The van der Waals surface area contributed by atoms with Crippen LogP contribution in [-0.2, 0) is 9.53 Å². The van der Waals surface area contributed by atoms with Crippen LogP contribution in [0.5, 0.6) is 0 Å². The fraction of sp³-hybridized carbons (Fsp3) is 0.500. The van der Waals surface area contributed by atoms with Gasteiger partial charge in [-0.25, -0.2) is 4.79 Å². The van der Waals surface area contributed by atoms with Gasteiger partial charge in [-0.1, -0.05) is 18.8 Å². The van der Waals surface area contributed by atoms with Gasteiger partial charge in [0.2, 0.25) is 0 Å². The molecule has 0 aromatic rings. The summed E-state index contributed by atoms with van der Waals surface area (Å²) >= 11 is 4.52. The summed E-state index contributed by atoms with van der Waals surface area (Å²) in [6.07, 6.45) is 0. The van der Waals surface area contributed by atoms with E-state index < -0.39 is 5.97 Å². The highest BCUT2D eigenvalue weighted by Gasteiger charge is 2.04. The van der Waals surface area contributed by atoms with Gasteiger partial charge in [0.15, 0.2) is 0 Å². The highest BCUT2D eigenvalue weighted by Crippen LogP contribution is 1.91. The van der Waals surface area contributed by atoms with Gasteiger partial charge in [-0.05, 0) is 14.1 Å². The Morgan fingerprint density at radius 1 is 1.67 bits per heavy atom. The number of hydrogen-bond acceptors (Lipinski definition) is 4. The zero-order valence-corrected chi connectivity index (χ0v) is 8.19. The smallest absolute Gasteiger partial charge is 0.338 e. The summed E-state index contributed by atoms with van der Waals surface area (Å²) in [6.45, 7) is 4.50. The largest absolute Gasteiger partial charge is 0.461 e. The maximum absolute atomic E-state index is 10.9. The van der Waals surface area contributed by atoms with Crippen molar-refractivity contribution in [2.24, 2.45) is 0 Å². The van der Waals surface area contributed by atoms with Crippen LogP contribution in [-0.4, -0.2) is 43.5 Å². The van der Waals surface area contributed by atoms with Gasteiger partial charge >= 0.3 is 5.97 Å². The Morgan fingerprint density at radius 2 is 2.25 bits per heavy atom. The van der Waals surface area contributed by atoms with Crippen LogP contribution in [0.25, 0.3) is 0 Å². The molecule has 0 unspecified atom stereocenters. The molecular weight excluding hydrogens is 174 g/mol. The van der Waals surface area contributed by atoms with E-state index in [1.807, 2.05) is 19.0 Å². The van der Waals surface area contributed by atoms with Crippen LogP contribution in [0.1, 0.15) is 0 Å². The van der Waals surface area contributed by atoms with Gasteiger partial charge in [0.05, 0.1) is 5.57 Å². The monoisotopic (exact) mass is 187 g/mol. The number of hydrogen-bond donors (Lipinski definition) is 0. The third-order valence-electron chi connectivity index (χ3n) is 1.18. The highest BCUT2D eigenvalue weighted by molar-refractivity contribution is 7.79. The zero-order valence-electron chi connectivity index (χ0n) is 7.37. The molecule has 12 heavy (non-hydrogen) atoms. The van der Waals surface area contributed by atoms with E-state index in [4.69, 9.17) is 4.74 Å². The van der Waals surface area contributed by atoms with E-state index in [0.717, 1.165) is 0 Å². The van der Waals surface area contributed by atoms with E-state index >= 15 is 0 Å². The Morgan fingerprint density at radius 3 is 2.67 bits per heavy atom. The Hall–Kier alpha value is -0.740. The van der Waals surface area contributed by atoms with Crippen molar-refractivity contribution in [3.05, 3.63) is 12.2 Å². The van der Waals surface area contributed by atoms with Crippen molar-refractivity contribution < 1.29 is 9.53 Å². The average Bonchev–Trinajstić information content (AvgIpc) is 2.02. The van der Waals surface area contributed by atoms with Crippen LogP contribution in [0.3, 0.4) is 0 Å². The minimum Gasteiger partial charge on any atom is -0.461 e. The molecule has 0 saturated carbocycles. The zero-order chi connectivity index (χ0) is 9.56. The van der Waals surface area contributed by atoms with Crippen molar-refractivity contribution >= 4 is 23.6 Å². The summed E-state index contributed by atoms with van der Waals surface area (Å²) in [6, 6.07) is 0. The molecule has 68 valence electrons. The van der Waals surface area contributed by atoms with Crippen molar-refractivity contribution in [3.63, 3.8) is 0 Å². The number of carbonyl (C=O) groups excluding carboxylic acids is 1. The molecule has 0 amide bonds. The molecule has 0 fully saturated rings. The normalized spacial score (nSPS) is 9.58. The first-order valence-corrected chi connectivity index (χ1v) is 4.01. The lowest BCUT2D eigenvalue weighted by atomic mass is 10.4. The van der Waals surface area contributed by atoms with Gasteiger partial charge in [0.1, 0.15) is 6.61 Å². The predicted octanol–water partition coefficient (Wildman–Crippen LogP) is 0.647. The van der Waals surface area contributed by atoms with Gasteiger partial charge in [-0.3, -0.25) is 0 Å². The number of ether oxygens (including phenoxy) is 1. The molecule has 0 aliphatic rings. The molecule has 0 bridgehead atoms. The van der Waals surface area contributed by atoms with Crippen LogP contribution in [0, 0.1) is 0 Å². The summed E-state index contributed by atoms with van der Waals surface area (Å²) < 4.78 is 4.83. The SMILES string of the molecule is C=C(C=S)C(=O)OCCN(C)C. The molecule has 0 aliphatic carbocycles. The number of carbonyl (C=O) groups is 1. The first-order valence-electron chi connectivity index (χ1n) is 3.54. The second-order valence-corrected chi connectivity index (χ2v) is 2.82. The molecule has 0 saturated heterocycles. The predicted molar refractivity (Wildman–Crippen MR) is 52.3 cm³/mol. The molecule has 0 N–H and O–H groups in total. The van der Waals surface area contributed by atoms with E-state index in [2.05, 4.69) is 18.8 Å². The third-order valence-corrected chi connectivity index (χ3v) is 1.46. The van der Waals surface area contributed by atoms with Crippen molar-refractivity contribution in [2.45, 2.75) is 0 Å². The second kappa shape index (κ2) is 5.85. The highest BCUT2D eigenvalue weighted by atomic mass is 32.1. The molecule has 0 aromatic carbocycles. The lowest BCUT2D eigenvalue weighted by molar-refractivity contribution is -0.138. The van der Waals surface area contributed by atoms with E-state index in [9.17, 15) is 4.79 Å². The van der Waals surface area contributed by atoms with Gasteiger partial charge in [-0.2, -0.15) is 0 Å². The van der Waals surface area contributed by atoms with Gasteiger partial charge in [-0.15, -0.1) is 0 Å². The number of likely N-dealkylation sites (N-methyl/N-ethyl adjacent to an activating group) is 1. The topological polar surface area (TPSA) is 29.5 Å². The van der Waals surface area contributed by atoms with Crippen LogP contribution < -0.4 is 0 Å². The Kier molecular flexibility index (Phi) is 5.49. The average molecular weight is 187 g/mol. The number of rotatable bonds is 5. The number of nitrogens with zero attached hydrogens (tertiary/aromatic N) is 1. The van der Waals surface area contributed by atoms with Gasteiger partial charge in [0.25, 0.3) is 0 Å². The first-order chi connectivity index (χ1) is 5.57. The van der Waals surface area contributed by atoms with Gasteiger partial charge in [0, 0.05) is 11.9 Å². The Bertz CT molecular complexity index is 189. The standard InChI is InChI=1S/C8H13NO2S/c1-7(6-12)8(10)11-5-4-9(2)3/h6H,1,4-5H2,2-3H3. The maximum Gasteiger partial charge on any atom is 0.338 e. The van der Waals surface area contributed by atoms with Crippen LogP contribution in [0.2, 0.25) is 0 Å². The Balaban J connectivity index is 3.58. The fourth-order valence-electron chi connectivity index (χ4n) is 0.462. The molecule has 0 aliphatic heterocycles. The van der Waals surface area contributed by atoms with Crippen molar-refractivity contribution in [1.82, 2.24) is 4.90 Å². The molecule has 4 heteroatoms. The molecule has 0 atom stereocenters. The summed E-state index contributed by atoms with van der Waals surface area (Å²) in [4.78, 5) is 12.8. The maximum atomic E-state index is 10.9. The van der Waals surface area contributed by atoms with Crippen molar-refractivity contribution in [1.29, 1.82) is 0 Å². The van der Waals surface area contributed by atoms with Crippen molar-refractivity contribution in [2.75, 3.05) is 27.2 Å². The van der Waals surface area contributed by atoms with E-state index in [0.29, 0.717) is 13.2 Å².